The van der Waals surface area contributed by atoms with Crippen LogP contribution in [0.15, 0.2) is 16.5 Å². The van der Waals surface area contributed by atoms with E-state index >= 15 is 0 Å². The maximum absolute atomic E-state index is 12.6. The number of carbonyl (C=O) groups excluding carboxylic acids is 2. The Kier molecular flexibility index (Phi) is 3.74. The molecule has 1 aromatic heterocycles. The van der Waals surface area contributed by atoms with E-state index in [1.807, 2.05) is 35.7 Å². The monoisotopic (exact) mass is 294 g/mol. The largest absolute Gasteiger partial charge is 0.464 e. The third-order valence-electron chi connectivity index (χ3n) is 3.79. The molecule has 1 N–H and O–H groups in total. The van der Waals surface area contributed by atoms with Crippen LogP contribution in [-0.4, -0.2) is 40.8 Å². The molecule has 2 amide bonds. The van der Waals surface area contributed by atoms with Crippen molar-refractivity contribution in [2.75, 3.05) is 18.1 Å². The Morgan fingerprint density at radius 1 is 1.50 bits per heavy atom. The Morgan fingerprint density at radius 2 is 2.35 bits per heavy atom. The zero-order chi connectivity index (χ0) is 14.1. The molecule has 0 radical (unpaired) electrons. The van der Waals surface area contributed by atoms with Crippen LogP contribution in [0.1, 0.15) is 30.4 Å². The van der Waals surface area contributed by atoms with Crippen LogP contribution < -0.4 is 5.32 Å². The van der Waals surface area contributed by atoms with Gasteiger partial charge < -0.3 is 14.6 Å². The van der Waals surface area contributed by atoms with Crippen molar-refractivity contribution in [2.45, 2.75) is 31.8 Å². The van der Waals surface area contributed by atoms with Gasteiger partial charge in [-0.05, 0) is 25.5 Å². The van der Waals surface area contributed by atoms with E-state index in [2.05, 4.69) is 5.32 Å². The van der Waals surface area contributed by atoms with Crippen molar-refractivity contribution >= 4 is 23.6 Å². The first kappa shape index (κ1) is 13.5. The molecule has 0 aromatic carbocycles. The Labute approximate surface area is 122 Å². The van der Waals surface area contributed by atoms with Crippen molar-refractivity contribution in [1.82, 2.24) is 10.2 Å². The average Bonchev–Trinajstić information content (AvgIpc) is 3.07. The molecule has 2 saturated heterocycles. The lowest BCUT2D eigenvalue weighted by molar-refractivity contribution is -0.136. The Hall–Kier alpha value is -1.43. The number of nitrogens with zero attached hydrogens (tertiary/aromatic N) is 1. The zero-order valence-electron chi connectivity index (χ0n) is 11.4. The number of aryl methyl sites for hydroxylation is 1. The molecule has 2 aliphatic rings. The lowest BCUT2D eigenvalue weighted by Crippen LogP contribution is -2.48. The number of rotatable bonds is 2. The van der Waals surface area contributed by atoms with Gasteiger partial charge in [0.2, 0.25) is 11.8 Å². The van der Waals surface area contributed by atoms with Gasteiger partial charge >= 0.3 is 0 Å². The number of furan rings is 1. The summed E-state index contributed by atoms with van der Waals surface area (Å²) in [4.78, 5) is 25.8. The number of thioether (sulfide) groups is 1. The third kappa shape index (κ3) is 2.57. The summed E-state index contributed by atoms with van der Waals surface area (Å²) in [5.74, 6) is 3.47. The van der Waals surface area contributed by atoms with E-state index in [0.29, 0.717) is 19.4 Å². The minimum atomic E-state index is -0.357. The quantitative estimate of drug-likeness (QED) is 0.897. The second kappa shape index (κ2) is 5.52. The van der Waals surface area contributed by atoms with E-state index in [1.54, 1.807) is 0 Å². The molecule has 0 aliphatic carbocycles. The van der Waals surface area contributed by atoms with Gasteiger partial charge in [0.1, 0.15) is 17.6 Å². The highest BCUT2D eigenvalue weighted by molar-refractivity contribution is 7.99. The first-order valence-electron chi connectivity index (χ1n) is 6.89. The van der Waals surface area contributed by atoms with Crippen LogP contribution in [0, 0.1) is 6.92 Å². The summed E-state index contributed by atoms with van der Waals surface area (Å²) in [7, 11) is 0. The van der Waals surface area contributed by atoms with E-state index in [9.17, 15) is 9.59 Å². The molecular weight excluding hydrogens is 276 g/mol. The Morgan fingerprint density at radius 3 is 3.00 bits per heavy atom. The lowest BCUT2D eigenvalue weighted by Gasteiger charge is -2.35. The minimum absolute atomic E-state index is 0.0209. The highest BCUT2D eigenvalue weighted by Crippen LogP contribution is 2.31. The van der Waals surface area contributed by atoms with Crippen molar-refractivity contribution in [3.05, 3.63) is 23.7 Å². The lowest BCUT2D eigenvalue weighted by atomic mass is 10.1. The Bertz CT molecular complexity index is 528. The summed E-state index contributed by atoms with van der Waals surface area (Å²) < 4.78 is 5.69. The predicted octanol–water partition coefficient (Wildman–Crippen LogP) is 1.48. The van der Waals surface area contributed by atoms with E-state index in [1.165, 1.54) is 0 Å². The normalized spacial score (nSPS) is 26.6. The molecule has 3 rings (SSSR count). The van der Waals surface area contributed by atoms with Gasteiger partial charge in [0, 0.05) is 24.5 Å². The summed E-state index contributed by atoms with van der Waals surface area (Å²) in [5.41, 5.74) is 0. The molecule has 6 heteroatoms. The first-order chi connectivity index (χ1) is 9.65. The smallest absolute Gasteiger partial charge is 0.245 e. The SMILES string of the molecule is Cc1ccc(C2CSCCN2C(=O)[C@H]2CCC(=O)N2)o1. The second-order valence-electron chi connectivity index (χ2n) is 5.23. The van der Waals surface area contributed by atoms with Crippen LogP contribution in [0.25, 0.3) is 0 Å². The maximum atomic E-state index is 12.6. The maximum Gasteiger partial charge on any atom is 0.245 e. The van der Waals surface area contributed by atoms with E-state index in [4.69, 9.17) is 4.42 Å². The number of hydrogen-bond donors (Lipinski definition) is 1. The molecule has 1 unspecified atom stereocenters. The number of nitrogens with one attached hydrogen (secondary N) is 1. The van der Waals surface area contributed by atoms with Gasteiger partial charge in [-0.25, -0.2) is 0 Å². The second-order valence-corrected chi connectivity index (χ2v) is 6.38. The van der Waals surface area contributed by atoms with E-state index < -0.39 is 0 Å². The fourth-order valence-electron chi connectivity index (χ4n) is 2.74. The highest BCUT2D eigenvalue weighted by atomic mass is 32.2. The minimum Gasteiger partial charge on any atom is -0.464 e. The molecule has 2 atom stereocenters. The van der Waals surface area contributed by atoms with Crippen LogP contribution in [-0.2, 0) is 9.59 Å². The van der Waals surface area contributed by atoms with Gasteiger partial charge in [0.25, 0.3) is 0 Å². The van der Waals surface area contributed by atoms with Crippen LogP contribution >= 0.6 is 11.8 Å². The molecule has 0 spiro atoms. The summed E-state index contributed by atoms with van der Waals surface area (Å²) in [6.07, 6.45) is 1.05. The molecule has 0 bridgehead atoms. The molecule has 108 valence electrons. The average molecular weight is 294 g/mol. The predicted molar refractivity (Wildman–Crippen MR) is 76.4 cm³/mol. The third-order valence-corrected chi connectivity index (χ3v) is 4.82. The van der Waals surface area contributed by atoms with Gasteiger partial charge in [-0.2, -0.15) is 11.8 Å². The van der Waals surface area contributed by atoms with Crippen molar-refractivity contribution in [3.8, 4) is 0 Å². The number of hydrogen-bond acceptors (Lipinski definition) is 4. The van der Waals surface area contributed by atoms with Crippen molar-refractivity contribution in [2.24, 2.45) is 0 Å². The zero-order valence-corrected chi connectivity index (χ0v) is 12.2. The fourth-order valence-corrected chi connectivity index (χ4v) is 3.80. The standard InChI is InChI=1S/C14H18N2O3S/c1-9-2-4-12(19-9)11-8-20-7-6-16(11)14(18)10-3-5-13(17)15-10/h2,4,10-11H,3,5-8H2,1H3,(H,15,17)/t10-,11?/m1/s1. The van der Waals surface area contributed by atoms with Crippen LogP contribution in [0.4, 0.5) is 0 Å². The fraction of sp³-hybridized carbons (Fsp3) is 0.571. The summed E-state index contributed by atoms with van der Waals surface area (Å²) in [6, 6.07) is 3.49. The number of carbonyl (C=O) groups is 2. The first-order valence-corrected chi connectivity index (χ1v) is 8.04. The van der Waals surface area contributed by atoms with Gasteiger partial charge in [-0.1, -0.05) is 0 Å². The molecule has 1 aromatic rings. The molecule has 2 fully saturated rings. The molecule has 5 nitrogen and oxygen atoms in total. The van der Waals surface area contributed by atoms with Crippen molar-refractivity contribution in [1.29, 1.82) is 0 Å². The van der Waals surface area contributed by atoms with Gasteiger partial charge in [-0.3, -0.25) is 9.59 Å². The Balaban J connectivity index is 1.78. The summed E-state index contributed by atoms with van der Waals surface area (Å²) >= 11 is 1.83. The van der Waals surface area contributed by atoms with Crippen molar-refractivity contribution < 1.29 is 14.0 Å². The molecule has 2 aliphatic heterocycles. The molecule has 20 heavy (non-hydrogen) atoms. The number of amides is 2. The summed E-state index contributed by atoms with van der Waals surface area (Å²) in [6.45, 7) is 2.61. The van der Waals surface area contributed by atoms with Gasteiger partial charge in [-0.15, -0.1) is 0 Å². The van der Waals surface area contributed by atoms with Crippen LogP contribution in [0.3, 0.4) is 0 Å². The summed E-state index contributed by atoms with van der Waals surface area (Å²) in [5, 5.41) is 2.76. The molecule has 3 heterocycles. The highest BCUT2D eigenvalue weighted by Gasteiger charge is 2.36. The van der Waals surface area contributed by atoms with Gasteiger partial charge in [0.15, 0.2) is 0 Å². The molecule has 0 saturated carbocycles. The van der Waals surface area contributed by atoms with Crippen LogP contribution in [0.2, 0.25) is 0 Å². The topological polar surface area (TPSA) is 62.6 Å². The van der Waals surface area contributed by atoms with Crippen LogP contribution in [0.5, 0.6) is 0 Å². The van der Waals surface area contributed by atoms with Crippen molar-refractivity contribution in [3.63, 3.8) is 0 Å². The molecular formula is C14H18N2O3S. The van der Waals surface area contributed by atoms with Gasteiger partial charge in [0.05, 0.1) is 6.04 Å². The van der Waals surface area contributed by atoms with E-state index in [0.717, 1.165) is 23.0 Å². The van der Waals surface area contributed by atoms with E-state index in [-0.39, 0.29) is 23.9 Å².